The number of rotatable bonds is 6. The minimum Gasteiger partial charge on any atom is -0.489 e. The van der Waals surface area contributed by atoms with Gasteiger partial charge in [-0.2, -0.15) is 0 Å². The first-order chi connectivity index (χ1) is 13.6. The van der Waals surface area contributed by atoms with Crippen LogP contribution in [0.4, 0.5) is 17.6 Å². The first kappa shape index (κ1) is 21.4. The van der Waals surface area contributed by atoms with Crippen LogP contribution in [0.25, 0.3) is 0 Å². The normalized spacial score (nSPS) is 20.3. The van der Waals surface area contributed by atoms with Crippen LogP contribution >= 0.6 is 0 Å². The molecule has 10 heteroatoms. The predicted octanol–water partition coefficient (Wildman–Crippen LogP) is 4.39. The first-order valence-electron chi connectivity index (χ1n) is 8.93. The molecule has 0 aliphatic heterocycles. The second-order valence-electron chi connectivity index (χ2n) is 6.64. The van der Waals surface area contributed by atoms with Gasteiger partial charge in [0.25, 0.3) is 0 Å². The maximum atomic E-state index is 13.1. The average molecular weight is 433 g/mol. The zero-order valence-electron chi connectivity index (χ0n) is 15.2. The van der Waals surface area contributed by atoms with Crippen molar-refractivity contribution >= 4 is 10.0 Å². The second kappa shape index (κ2) is 8.58. The Morgan fingerprint density at radius 1 is 0.897 bits per heavy atom. The lowest BCUT2D eigenvalue weighted by atomic mass is 9.93. The molecule has 1 saturated carbocycles. The van der Waals surface area contributed by atoms with Crippen molar-refractivity contribution in [1.82, 2.24) is 4.72 Å². The van der Waals surface area contributed by atoms with Crippen LogP contribution in [0.15, 0.2) is 53.4 Å². The van der Waals surface area contributed by atoms with Gasteiger partial charge >= 0.3 is 6.36 Å². The Labute approximate surface area is 165 Å². The van der Waals surface area contributed by atoms with Gasteiger partial charge < -0.3 is 9.47 Å². The Morgan fingerprint density at radius 2 is 1.48 bits per heavy atom. The zero-order chi connectivity index (χ0) is 21.1. The van der Waals surface area contributed by atoms with Crippen LogP contribution in [0.1, 0.15) is 25.7 Å². The Hall–Kier alpha value is -2.33. The van der Waals surface area contributed by atoms with Crippen molar-refractivity contribution in [3.05, 3.63) is 54.3 Å². The summed E-state index contributed by atoms with van der Waals surface area (Å²) >= 11 is 0. The number of ether oxygens (including phenoxy) is 2. The van der Waals surface area contributed by atoms with Gasteiger partial charge in [0.2, 0.25) is 10.0 Å². The van der Waals surface area contributed by atoms with Gasteiger partial charge in [-0.3, -0.25) is 0 Å². The van der Waals surface area contributed by atoms with Crippen LogP contribution in [0.3, 0.4) is 0 Å². The van der Waals surface area contributed by atoms with Crippen LogP contribution in [-0.2, 0) is 10.0 Å². The van der Waals surface area contributed by atoms with Crippen LogP contribution < -0.4 is 14.2 Å². The van der Waals surface area contributed by atoms with Crippen molar-refractivity contribution < 1.29 is 35.5 Å². The molecular formula is C19H19F4NO4S. The zero-order valence-corrected chi connectivity index (χ0v) is 16.0. The summed E-state index contributed by atoms with van der Waals surface area (Å²) < 4.78 is 87.3. The molecule has 0 heterocycles. The summed E-state index contributed by atoms with van der Waals surface area (Å²) in [5.41, 5.74) is 0. The Balaban J connectivity index is 1.70. The van der Waals surface area contributed by atoms with Crippen molar-refractivity contribution in [3.8, 4) is 11.5 Å². The second-order valence-corrected chi connectivity index (χ2v) is 8.36. The van der Waals surface area contributed by atoms with Gasteiger partial charge in [-0.1, -0.05) is 6.42 Å². The van der Waals surface area contributed by atoms with Gasteiger partial charge in [-0.25, -0.2) is 17.5 Å². The maximum absolute atomic E-state index is 13.1. The summed E-state index contributed by atoms with van der Waals surface area (Å²) in [5, 5.41) is 0. The van der Waals surface area contributed by atoms with Gasteiger partial charge in [0.05, 0.1) is 10.9 Å². The van der Waals surface area contributed by atoms with E-state index in [2.05, 4.69) is 9.46 Å². The molecule has 2 aromatic rings. The highest BCUT2D eigenvalue weighted by Gasteiger charge is 2.32. The van der Waals surface area contributed by atoms with E-state index >= 15 is 0 Å². The monoisotopic (exact) mass is 433 g/mol. The fourth-order valence-electron chi connectivity index (χ4n) is 3.15. The topological polar surface area (TPSA) is 64.6 Å². The molecule has 0 radical (unpaired) electrons. The fraction of sp³-hybridized carbons (Fsp3) is 0.368. The summed E-state index contributed by atoms with van der Waals surface area (Å²) in [6.45, 7) is 0. The van der Waals surface area contributed by atoms with Crippen LogP contribution in [-0.4, -0.2) is 26.9 Å². The molecule has 158 valence electrons. The summed E-state index contributed by atoms with van der Waals surface area (Å²) in [7, 11) is -3.98. The van der Waals surface area contributed by atoms with E-state index in [0.717, 1.165) is 37.1 Å². The van der Waals surface area contributed by atoms with Crippen molar-refractivity contribution in [1.29, 1.82) is 0 Å². The van der Waals surface area contributed by atoms with Gasteiger partial charge in [0.1, 0.15) is 23.4 Å². The molecule has 3 rings (SSSR count). The molecule has 2 aromatic carbocycles. The third-order valence-electron chi connectivity index (χ3n) is 4.48. The van der Waals surface area contributed by atoms with Gasteiger partial charge in [0.15, 0.2) is 0 Å². The number of sulfonamides is 1. The molecule has 1 fully saturated rings. The molecule has 1 N–H and O–H groups in total. The minimum atomic E-state index is -4.86. The van der Waals surface area contributed by atoms with E-state index in [1.54, 1.807) is 0 Å². The number of halogens is 4. The molecule has 29 heavy (non-hydrogen) atoms. The van der Waals surface area contributed by atoms with E-state index in [0.29, 0.717) is 18.6 Å². The van der Waals surface area contributed by atoms with Crippen molar-refractivity contribution in [2.75, 3.05) is 0 Å². The number of hydrogen-bond acceptors (Lipinski definition) is 4. The number of alkyl halides is 3. The molecule has 0 saturated heterocycles. The number of benzene rings is 2. The van der Waals surface area contributed by atoms with Crippen LogP contribution in [0.5, 0.6) is 11.5 Å². The lowest BCUT2D eigenvalue weighted by Gasteiger charge is -2.32. The predicted molar refractivity (Wildman–Crippen MR) is 96.5 cm³/mol. The summed E-state index contributed by atoms with van der Waals surface area (Å²) in [5.74, 6) is -0.487. The molecule has 0 spiro atoms. The van der Waals surface area contributed by atoms with E-state index in [-0.39, 0.29) is 4.90 Å². The van der Waals surface area contributed by atoms with Crippen molar-refractivity contribution in [2.24, 2.45) is 0 Å². The van der Waals surface area contributed by atoms with Crippen LogP contribution in [0.2, 0.25) is 0 Å². The largest absolute Gasteiger partial charge is 0.573 e. The molecule has 1 aliphatic carbocycles. The number of nitrogens with one attached hydrogen (secondary N) is 1. The third-order valence-corrected chi connectivity index (χ3v) is 5.98. The number of hydrogen-bond donors (Lipinski definition) is 1. The van der Waals surface area contributed by atoms with E-state index in [4.69, 9.17) is 4.74 Å². The van der Waals surface area contributed by atoms with E-state index in [1.165, 1.54) is 24.3 Å². The molecule has 0 aromatic heterocycles. The average Bonchev–Trinajstić information content (AvgIpc) is 2.64. The quantitative estimate of drug-likeness (QED) is 0.687. The van der Waals surface area contributed by atoms with Crippen molar-refractivity contribution in [3.63, 3.8) is 0 Å². The Kier molecular flexibility index (Phi) is 6.33. The Morgan fingerprint density at radius 3 is 2.10 bits per heavy atom. The molecule has 5 nitrogen and oxygen atoms in total. The highest BCUT2D eigenvalue weighted by atomic mass is 32.2. The molecule has 0 bridgehead atoms. The van der Waals surface area contributed by atoms with Crippen molar-refractivity contribution in [2.45, 2.75) is 49.1 Å². The molecule has 1 aliphatic rings. The van der Waals surface area contributed by atoms with E-state index < -0.39 is 40.1 Å². The fourth-order valence-corrected chi connectivity index (χ4v) is 4.45. The summed E-state index contributed by atoms with van der Waals surface area (Å²) in [6.07, 6.45) is -2.49. The highest BCUT2D eigenvalue weighted by Crippen LogP contribution is 2.27. The molecule has 0 amide bonds. The van der Waals surface area contributed by atoms with E-state index in [1.807, 2.05) is 0 Å². The lowest BCUT2D eigenvalue weighted by Crippen LogP contribution is -2.47. The lowest BCUT2D eigenvalue weighted by molar-refractivity contribution is -0.274. The molecule has 2 atom stereocenters. The van der Waals surface area contributed by atoms with Gasteiger partial charge in [-0.15, -0.1) is 13.2 Å². The third kappa shape index (κ3) is 6.07. The molecule has 0 unspecified atom stereocenters. The Bertz CT molecular complexity index is 915. The summed E-state index contributed by atoms with van der Waals surface area (Å²) in [4.78, 5) is -0.182. The van der Waals surface area contributed by atoms with E-state index in [9.17, 15) is 26.0 Å². The minimum absolute atomic E-state index is 0.182. The summed E-state index contributed by atoms with van der Waals surface area (Å²) in [6, 6.07) is 8.88. The van der Waals surface area contributed by atoms with Gasteiger partial charge in [-0.05, 0) is 67.8 Å². The SMILES string of the molecule is O=S(=O)(N[C@H]1CCCC[C@@H]1Oc1ccc(F)cc1)c1ccc(OC(F)(F)F)cc1. The maximum Gasteiger partial charge on any atom is 0.573 e. The van der Waals surface area contributed by atoms with Gasteiger partial charge in [0, 0.05) is 0 Å². The highest BCUT2D eigenvalue weighted by molar-refractivity contribution is 7.89. The molecular weight excluding hydrogens is 414 g/mol. The van der Waals surface area contributed by atoms with Crippen LogP contribution in [0, 0.1) is 5.82 Å². The standard InChI is InChI=1S/C19H19F4NO4S/c20-13-5-7-14(8-6-13)27-18-4-2-1-3-17(18)24-29(25,26)16-11-9-15(10-12-16)28-19(21,22)23/h5-12,17-18,24H,1-4H2/t17-,18-/m0/s1. The first-order valence-corrected chi connectivity index (χ1v) is 10.4. The smallest absolute Gasteiger partial charge is 0.489 e.